The predicted molar refractivity (Wildman–Crippen MR) is 127 cm³/mol. The Morgan fingerprint density at radius 2 is 1.53 bits per heavy atom. The van der Waals surface area contributed by atoms with E-state index >= 15 is 0 Å². The van der Waals surface area contributed by atoms with Crippen LogP contribution in [0.3, 0.4) is 0 Å². The van der Waals surface area contributed by atoms with Crippen LogP contribution in [0.15, 0.2) is 84.0 Å². The van der Waals surface area contributed by atoms with Crippen molar-refractivity contribution in [1.82, 2.24) is 10.3 Å². The molecule has 0 atom stereocenters. The first-order valence-corrected chi connectivity index (χ1v) is 11.8. The topological polar surface area (TPSA) is 88.2 Å². The summed E-state index contributed by atoms with van der Waals surface area (Å²) < 4.78 is 28.4. The van der Waals surface area contributed by atoms with E-state index in [-0.39, 0.29) is 20.8 Å². The second-order valence-electron chi connectivity index (χ2n) is 6.96. The summed E-state index contributed by atoms with van der Waals surface area (Å²) in [6, 6.07) is 18.0. The summed E-state index contributed by atoms with van der Waals surface area (Å²) in [5.41, 5.74) is 1.69. The van der Waals surface area contributed by atoms with E-state index in [0.29, 0.717) is 28.6 Å². The van der Waals surface area contributed by atoms with Crippen LogP contribution in [0.1, 0.15) is 15.9 Å². The first-order chi connectivity index (χ1) is 15.3. The summed E-state index contributed by atoms with van der Waals surface area (Å²) >= 11 is 11.9. The van der Waals surface area contributed by atoms with Gasteiger partial charge in [-0.1, -0.05) is 47.5 Å². The van der Waals surface area contributed by atoms with Crippen LogP contribution in [0.25, 0.3) is 10.8 Å². The molecule has 4 rings (SSSR count). The molecule has 0 unspecified atom stereocenters. The van der Waals surface area contributed by atoms with E-state index < -0.39 is 10.0 Å². The molecule has 0 saturated carbocycles. The van der Waals surface area contributed by atoms with Crippen LogP contribution in [0.4, 0.5) is 5.69 Å². The molecular weight excluding hydrogens is 469 g/mol. The van der Waals surface area contributed by atoms with Gasteiger partial charge in [0.2, 0.25) is 0 Å². The zero-order chi connectivity index (χ0) is 22.7. The molecule has 0 fully saturated rings. The molecule has 32 heavy (non-hydrogen) atoms. The SMILES string of the molecule is O=C(NCc1ccncc1)c1cccc2c(NS(=O)(=O)c3cc(Cl)cc(Cl)c3)cccc12. The minimum absolute atomic E-state index is 0.0572. The first-order valence-electron chi connectivity index (χ1n) is 9.51. The largest absolute Gasteiger partial charge is 0.348 e. The van der Waals surface area contributed by atoms with Crippen LogP contribution in [0, 0.1) is 0 Å². The van der Waals surface area contributed by atoms with Crippen molar-refractivity contribution in [3.63, 3.8) is 0 Å². The Balaban J connectivity index is 1.65. The Bertz CT molecular complexity index is 1390. The van der Waals surface area contributed by atoms with Gasteiger partial charge in [0.1, 0.15) is 0 Å². The van der Waals surface area contributed by atoms with Crippen molar-refractivity contribution in [2.75, 3.05) is 4.72 Å². The van der Waals surface area contributed by atoms with Gasteiger partial charge in [-0.05, 0) is 53.4 Å². The molecule has 0 aliphatic heterocycles. The lowest BCUT2D eigenvalue weighted by molar-refractivity contribution is 0.0952. The maximum Gasteiger partial charge on any atom is 0.262 e. The number of nitrogens with zero attached hydrogens (tertiary/aromatic N) is 1. The summed E-state index contributed by atoms with van der Waals surface area (Å²) in [6.45, 7) is 0.347. The van der Waals surface area contributed by atoms with Gasteiger partial charge in [-0.2, -0.15) is 0 Å². The number of nitrogens with one attached hydrogen (secondary N) is 2. The number of rotatable bonds is 6. The first kappa shape index (κ1) is 22.1. The van der Waals surface area contributed by atoms with E-state index in [1.807, 2.05) is 12.1 Å². The van der Waals surface area contributed by atoms with Crippen molar-refractivity contribution < 1.29 is 13.2 Å². The van der Waals surface area contributed by atoms with Crippen LogP contribution in [-0.2, 0) is 16.6 Å². The van der Waals surface area contributed by atoms with Gasteiger partial charge >= 0.3 is 0 Å². The van der Waals surface area contributed by atoms with E-state index in [4.69, 9.17) is 23.2 Å². The number of sulfonamides is 1. The molecule has 0 saturated heterocycles. The Labute approximate surface area is 195 Å². The quantitative estimate of drug-likeness (QED) is 0.389. The van der Waals surface area contributed by atoms with Gasteiger partial charge in [0, 0.05) is 39.9 Å². The number of carbonyl (C=O) groups is 1. The highest BCUT2D eigenvalue weighted by Crippen LogP contribution is 2.29. The Hall–Kier alpha value is -3.13. The molecule has 0 aliphatic carbocycles. The minimum Gasteiger partial charge on any atom is -0.348 e. The van der Waals surface area contributed by atoms with Crippen molar-refractivity contribution in [3.05, 3.63) is 100 Å². The highest BCUT2D eigenvalue weighted by atomic mass is 35.5. The minimum atomic E-state index is -3.95. The lowest BCUT2D eigenvalue weighted by Gasteiger charge is -2.13. The maximum absolute atomic E-state index is 12.9. The monoisotopic (exact) mass is 485 g/mol. The average Bonchev–Trinajstić information content (AvgIpc) is 2.77. The van der Waals surface area contributed by atoms with Gasteiger partial charge in [0.15, 0.2) is 0 Å². The summed E-state index contributed by atoms with van der Waals surface area (Å²) in [5.74, 6) is -0.269. The molecule has 2 N–H and O–H groups in total. The summed E-state index contributed by atoms with van der Waals surface area (Å²) in [4.78, 5) is 16.7. The highest BCUT2D eigenvalue weighted by molar-refractivity contribution is 7.92. The van der Waals surface area contributed by atoms with E-state index in [0.717, 1.165) is 5.56 Å². The van der Waals surface area contributed by atoms with E-state index in [9.17, 15) is 13.2 Å². The molecule has 0 spiro atoms. The number of anilines is 1. The van der Waals surface area contributed by atoms with Gasteiger partial charge in [-0.3, -0.25) is 14.5 Å². The zero-order valence-corrected chi connectivity index (χ0v) is 18.9. The second-order valence-corrected chi connectivity index (χ2v) is 9.51. The van der Waals surface area contributed by atoms with Gasteiger partial charge in [-0.25, -0.2) is 8.42 Å². The number of pyridine rings is 1. The predicted octanol–water partition coefficient (Wildman–Crippen LogP) is 5.27. The molecule has 0 radical (unpaired) electrons. The lowest BCUT2D eigenvalue weighted by atomic mass is 10.0. The van der Waals surface area contributed by atoms with Crippen LogP contribution in [-0.4, -0.2) is 19.3 Å². The van der Waals surface area contributed by atoms with Crippen molar-refractivity contribution in [2.45, 2.75) is 11.4 Å². The fraction of sp³-hybridized carbons (Fsp3) is 0.0435. The molecular formula is C23H17Cl2N3O3S. The molecule has 1 aromatic heterocycles. The molecule has 1 amide bonds. The standard InChI is InChI=1S/C23H17Cl2N3O3S/c24-16-11-17(25)13-18(12-16)32(30,31)28-22-6-2-3-19-20(22)4-1-5-21(19)23(29)27-14-15-7-9-26-10-8-15/h1-13,28H,14H2,(H,27,29). The molecule has 9 heteroatoms. The number of aromatic nitrogens is 1. The Morgan fingerprint density at radius 3 is 2.25 bits per heavy atom. The molecule has 162 valence electrons. The van der Waals surface area contributed by atoms with Crippen molar-refractivity contribution in [1.29, 1.82) is 0 Å². The van der Waals surface area contributed by atoms with Crippen LogP contribution in [0.5, 0.6) is 0 Å². The summed E-state index contributed by atoms with van der Waals surface area (Å²) in [5, 5.41) is 4.50. The van der Waals surface area contributed by atoms with Crippen molar-refractivity contribution >= 4 is 55.6 Å². The lowest BCUT2D eigenvalue weighted by Crippen LogP contribution is -2.23. The molecule has 1 heterocycles. The van der Waals surface area contributed by atoms with Gasteiger partial charge < -0.3 is 5.32 Å². The number of hydrogen-bond donors (Lipinski definition) is 2. The maximum atomic E-state index is 12.9. The number of fused-ring (bicyclic) bond motifs is 1. The summed E-state index contributed by atoms with van der Waals surface area (Å²) in [7, 11) is -3.95. The second kappa shape index (κ2) is 9.16. The fourth-order valence-corrected chi connectivity index (χ4v) is 5.07. The van der Waals surface area contributed by atoms with Crippen LogP contribution >= 0.6 is 23.2 Å². The normalized spacial score (nSPS) is 11.3. The molecule has 3 aromatic carbocycles. The smallest absolute Gasteiger partial charge is 0.262 e. The van der Waals surface area contributed by atoms with E-state index in [1.165, 1.54) is 18.2 Å². The van der Waals surface area contributed by atoms with Crippen molar-refractivity contribution in [3.8, 4) is 0 Å². The molecule has 0 bridgehead atoms. The molecule has 0 aliphatic rings. The fourth-order valence-electron chi connectivity index (χ4n) is 3.26. The third-order valence-electron chi connectivity index (χ3n) is 4.76. The molecule has 4 aromatic rings. The number of carbonyl (C=O) groups excluding carboxylic acids is 1. The van der Waals surface area contributed by atoms with Gasteiger partial charge in [0.05, 0.1) is 10.6 Å². The Kier molecular flexibility index (Phi) is 6.32. The van der Waals surface area contributed by atoms with E-state index in [1.54, 1.807) is 48.8 Å². The zero-order valence-electron chi connectivity index (χ0n) is 16.5. The number of hydrogen-bond acceptors (Lipinski definition) is 4. The average molecular weight is 486 g/mol. The van der Waals surface area contributed by atoms with E-state index in [2.05, 4.69) is 15.0 Å². The van der Waals surface area contributed by atoms with Gasteiger partial charge in [-0.15, -0.1) is 0 Å². The number of amides is 1. The number of benzene rings is 3. The summed E-state index contributed by atoms with van der Waals surface area (Å²) in [6.07, 6.45) is 3.32. The van der Waals surface area contributed by atoms with Crippen molar-refractivity contribution in [2.24, 2.45) is 0 Å². The molecule has 6 nitrogen and oxygen atoms in total. The number of halogens is 2. The Morgan fingerprint density at radius 1 is 0.875 bits per heavy atom. The van der Waals surface area contributed by atoms with Gasteiger partial charge in [0.25, 0.3) is 15.9 Å². The third-order valence-corrected chi connectivity index (χ3v) is 6.54. The highest BCUT2D eigenvalue weighted by Gasteiger charge is 2.18. The third kappa shape index (κ3) is 4.85. The van der Waals surface area contributed by atoms with Crippen LogP contribution < -0.4 is 10.0 Å². The van der Waals surface area contributed by atoms with Crippen LogP contribution in [0.2, 0.25) is 10.0 Å².